The van der Waals surface area contributed by atoms with Crippen LogP contribution in [0.5, 0.6) is 0 Å². The quantitative estimate of drug-likeness (QED) is 0.496. The molecule has 1 N–H and O–H groups in total. The Hall–Kier alpha value is -3.72. The third-order valence-corrected chi connectivity index (χ3v) is 5.57. The number of rotatable bonds is 3. The van der Waals surface area contributed by atoms with E-state index in [0.717, 1.165) is 23.8 Å². The minimum atomic E-state index is -0.699. The van der Waals surface area contributed by atoms with Crippen LogP contribution in [0.2, 0.25) is 5.02 Å². The number of hydrogen-bond donors (Lipinski definition) is 1. The average molecular weight is 453 g/mol. The van der Waals surface area contributed by atoms with Gasteiger partial charge >= 0.3 is 0 Å². The number of benzene rings is 2. The zero-order valence-electron chi connectivity index (χ0n) is 16.7. The molecule has 160 valence electrons. The van der Waals surface area contributed by atoms with E-state index >= 15 is 0 Å². The van der Waals surface area contributed by atoms with E-state index in [9.17, 15) is 13.6 Å². The number of aryl methyl sites for hydroxylation is 1. The Kier molecular flexibility index (Phi) is 4.90. The Labute approximate surface area is 186 Å². The summed E-state index contributed by atoms with van der Waals surface area (Å²) in [4.78, 5) is 17.0. The minimum Gasteiger partial charge on any atom is -0.310 e. The molecule has 0 bridgehead atoms. The van der Waals surface area contributed by atoms with Gasteiger partial charge in [-0.1, -0.05) is 23.7 Å². The summed E-state index contributed by atoms with van der Waals surface area (Å²) in [6.07, 6.45) is 1.46. The Balaban J connectivity index is 1.63. The molecule has 1 aliphatic rings. The maximum atomic E-state index is 14.5. The van der Waals surface area contributed by atoms with Crippen LogP contribution in [0.25, 0.3) is 17.2 Å². The molecule has 0 spiro atoms. The molecular formula is C22H15ClF2N6O. The second kappa shape index (κ2) is 7.76. The van der Waals surface area contributed by atoms with E-state index in [1.165, 1.54) is 10.9 Å². The van der Waals surface area contributed by atoms with Gasteiger partial charge in [0.1, 0.15) is 17.5 Å². The molecule has 32 heavy (non-hydrogen) atoms. The molecule has 1 atom stereocenters. The summed E-state index contributed by atoms with van der Waals surface area (Å²) in [7, 11) is 0. The second-order valence-corrected chi connectivity index (χ2v) is 7.82. The number of halogens is 3. The monoisotopic (exact) mass is 452 g/mol. The first-order valence-corrected chi connectivity index (χ1v) is 10.1. The lowest BCUT2D eigenvalue weighted by Crippen LogP contribution is -2.25. The zero-order valence-corrected chi connectivity index (χ0v) is 17.4. The molecule has 0 saturated carbocycles. The summed E-state index contributed by atoms with van der Waals surface area (Å²) in [5.41, 5.74) is 2.51. The second-order valence-electron chi connectivity index (χ2n) is 7.38. The van der Waals surface area contributed by atoms with E-state index in [4.69, 9.17) is 11.6 Å². The van der Waals surface area contributed by atoms with Crippen LogP contribution in [0.4, 0.5) is 14.6 Å². The summed E-state index contributed by atoms with van der Waals surface area (Å²) in [6.45, 7) is 1.73. The van der Waals surface area contributed by atoms with Gasteiger partial charge in [0.05, 0.1) is 17.6 Å². The van der Waals surface area contributed by atoms with E-state index in [2.05, 4.69) is 25.6 Å². The van der Waals surface area contributed by atoms with Gasteiger partial charge in [0, 0.05) is 28.5 Å². The number of carbonyl (C=O) groups excluding carboxylic acids is 1. The van der Waals surface area contributed by atoms with Gasteiger partial charge in [-0.05, 0) is 42.8 Å². The van der Waals surface area contributed by atoms with Crippen LogP contribution >= 0.6 is 11.6 Å². The summed E-state index contributed by atoms with van der Waals surface area (Å²) in [5.74, 6) is -1.79. The highest BCUT2D eigenvalue weighted by molar-refractivity contribution is 6.30. The standard InChI is InChI=1S/C22H15ClF2N6O/c1-11-20-16(15-8-14(24)6-7-17(15)25)9-19(32)28-21(20)31(30-11)22-27-18(10-26-29-22)12-2-4-13(23)5-3-12/h2-8,10,16H,9H2,1H3,(H,28,32). The highest BCUT2D eigenvalue weighted by Gasteiger charge is 2.34. The van der Waals surface area contributed by atoms with Gasteiger partial charge in [-0.3, -0.25) is 4.79 Å². The van der Waals surface area contributed by atoms with Crippen LogP contribution < -0.4 is 5.32 Å². The molecule has 5 rings (SSSR count). The van der Waals surface area contributed by atoms with E-state index in [0.29, 0.717) is 27.8 Å². The molecule has 3 heterocycles. The average Bonchev–Trinajstić information content (AvgIpc) is 3.11. The van der Waals surface area contributed by atoms with Gasteiger partial charge in [-0.25, -0.2) is 13.8 Å². The van der Waals surface area contributed by atoms with Crippen molar-refractivity contribution in [2.24, 2.45) is 0 Å². The molecule has 1 amide bonds. The van der Waals surface area contributed by atoms with Crippen LogP contribution in [0.15, 0.2) is 48.7 Å². The van der Waals surface area contributed by atoms with Crippen molar-refractivity contribution >= 4 is 23.3 Å². The van der Waals surface area contributed by atoms with Crippen molar-refractivity contribution in [2.45, 2.75) is 19.3 Å². The highest BCUT2D eigenvalue weighted by Crippen LogP contribution is 2.41. The number of nitrogens with zero attached hydrogens (tertiary/aromatic N) is 5. The van der Waals surface area contributed by atoms with Crippen LogP contribution in [-0.4, -0.2) is 30.9 Å². The van der Waals surface area contributed by atoms with Crippen molar-refractivity contribution in [1.29, 1.82) is 0 Å². The van der Waals surface area contributed by atoms with Gasteiger partial charge in [0.2, 0.25) is 5.91 Å². The molecule has 1 unspecified atom stereocenters. The maximum Gasteiger partial charge on any atom is 0.272 e. The van der Waals surface area contributed by atoms with E-state index < -0.39 is 17.6 Å². The SMILES string of the molecule is Cc1nn(-c2nncc(-c3ccc(Cl)cc3)n2)c2c1C(c1cc(F)ccc1F)CC(=O)N2. The molecule has 7 nitrogen and oxygen atoms in total. The number of hydrogen-bond acceptors (Lipinski definition) is 5. The maximum absolute atomic E-state index is 14.5. The van der Waals surface area contributed by atoms with Crippen molar-refractivity contribution in [2.75, 3.05) is 5.32 Å². The summed E-state index contributed by atoms with van der Waals surface area (Å²) < 4.78 is 29.7. The first-order valence-electron chi connectivity index (χ1n) is 9.71. The summed E-state index contributed by atoms with van der Waals surface area (Å²) in [5, 5.41) is 15.9. The Bertz CT molecular complexity index is 1360. The van der Waals surface area contributed by atoms with Crippen molar-refractivity contribution in [3.05, 3.63) is 82.1 Å². The topological polar surface area (TPSA) is 85.6 Å². The lowest BCUT2D eigenvalue weighted by atomic mass is 9.85. The fraction of sp³-hybridized carbons (Fsp3) is 0.136. The first kappa shape index (κ1) is 20.2. The molecule has 0 aliphatic carbocycles. The smallest absolute Gasteiger partial charge is 0.272 e. The highest BCUT2D eigenvalue weighted by atomic mass is 35.5. The number of fused-ring (bicyclic) bond motifs is 1. The molecule has 0 radical (unpaired) electrons. The summed E-state index contributed by atoms with van der Waals surface area (Å²) >= 11 is 5.95. The number of amides is 1. The van der Waals surface area contributed by atoms with E-state index in [1.54, 1.807) is 31.2 Å². The third kappa shape index (κ3) is 3.50. The number of anilines is 1. The lowest BCUT2D eigenvalue weighted by Gasteiger charge is -2.24. The molecule has 0 fully saturated rings. The zero-order chi connectivity index (χ0) is 22.4. The predicted molar refractivity (Wildman–Crippen MR) is 114 cm³/mol. The Morgan fingerprint density at radius 2 is 1.94 bits per heavy atom. The minimum absolute atomic E-state index is 0.0379. The van der Waals surface area contributed by atoms with E-state index in [1.807, 2.05) is 0 Å². The molecule has 10 heteroatoms. The van der Waals surface area contributed by atoms with Gasteiger partial charge in [-0.15, -0.1) is 5.10 Å². The van der Waals surface area contributed by atoms with Crippen molar-refractivity contribution in [3.63, 3.8) is 0 Å². The first-order chi connectivity index (χ1) is 15.4. The number of nitrogens with one attached hydrogen (secondary N) is 1. The van der Waals surface area contributed by atoms with Crippen LogP contribution in [0, 0.1) is 18.6 Å². The van der Waals surface area contributed by atoms with Crippen molar-refractivity contribution in [1.82, 2.24) is 25.0 Å². The molecule has 0 saturated heterocycles. The largest absolute Gasteiger partial charge is 0.310 e. The Morgan fingerprint density at radius 3 is 2.72 bits per heavy atom. The van der Waals surface area contributed by atoms with Crippen LogP contribution in [-0.2, 0) is 4.79 Å². The predicted octanol–water partition coefficient (Wildman–Crippen LogP) is 4.44. The number of aromatic nitrogens is 5. The van der Waals surface area contributed by atoms with Gasteiger partial charge < -0.3 is 5.32 Å². The fourth-order valence-electron chi connectivity index (χ4n) is 3.88. The van der Waals surface area contributed by atoms with E-state index in [-0.39, 0.29) is 23.8 Å². The molecule has 2 aromatic heterocycles. The third-order valence-electron chi connectivity index (χ3n) is 5.31. The molecule has 4 aromatic rings. The van der Waals surface area contributed by atoms with Gasteiger partial charge in [-0.2, -0.15) is 14.9 Å². The van der Waals surface area contributed by atoms with Crippen LogP contribution in [0.1, 0.15) is 29.2 Å². The number of carbonyl (C=O) groups is 1. The van der Waals surface area contributed by atoms with Crippen LogP contribution in [0.3, 0.4) is 0 Å². The molecule has 2 aromatic carbocycles. The normalized spacial score (nSPS) is 15.4. The summed E-state index contributed by atoms with van der Waals surface area (Å²) in [6, 6.07) is 10.3. The molecule has 1 aliphatic heterocycles. The fourth-order valence-corrected chi connectivity index (χ4v) is 4.01. The van der Waals surface area contributed by atoms with Gasteiger partial charge in [0.25, 0.3) is 5.95 Å². The Morgan fingerprint density at radius 1 is 1.16 bits per heavy atom. The molecular weight excluding hydrogens is 438 g/mol. The van der Waals surface area contributed by atoms with Crippen molar-refractivity contribution < 1.29 is 13.6 Å². The van der Waals surface area contributed by atoms with Gasteiger partial charge in [0.15, 0.2) is 0 Å². The van der Waals surface area contributed by atoms with Crippen molar-refractivity contribution in [3.8, 4) is 17.2 Å². The lowest BCUT2D eigenvalue weighted by molar-refractivity contribution is -0.116.